The van der Waals surface area contributed by atoms with Crippen LogP contribution in [0.5, 0.6) is 0 Å². The predicted octanol–water partition coefficient (Wildman–Crippen LogP) is 0.876. The molecule has 1 saturated heterocycles. The van der Waals surface area contributed by atoms with E-state index in [0.717, 1.165) is 39.0 Å². The minimum Gasteiger partial charge on any atom is -0.394 e. The summed E-state index contributed by atoms with van der Waals surface area (Å²) in [7, 11) is 0. The van der Waals surface area contributed by atoms with Crippen molar-refractivity contribution in [1.29, 1.82) is 0 Å². The van der Waals surface area contributed by atoms with E-state index in [0.29, 0.717) is 12.7 Å². The molecule has 2 heterocycles. The number of ether oxygens (including phenoxy) is 1. The van der Waals surface area contributed by atoms with Crippen LogP contribution in [0, 0.1) is 0 Å². The third-order valence-electron chi connectivity index (χ3n) is 3.50. The molecule has 1 N–H and O–H groups in total. The summed E-state index contributed by atoms with van der Waals surface area (Å²) in [4.78, 5) is 6.64. The van der Waals surface area contributed by atoms with Gasteiger partial charge in [-0.1, -0.05) is 0 Å². The number of hydrogen-bond acceptors (Lipinski definition) is 4. The van der Waals surface area contributed by atoms with Crippen molar-refractivity contribution >= 4 is 0 Å². The molecular formula is C13H23N3O2. The molecule has 0 amide bonds. The number of aliphatic hydroxyl groups is 1. The van der Waals surface area contributed by atoms with Crippen molar-refractivity contribution in [3.05, 3.63) is 18.2 Å². The Hall–Kier alpha value is -0.910. The fourth-order valence-corrected chi connectivity index (χ4v) is 2.45. The molecule has 0 atom stereocenters. The van der Waals surface area contributed by atoms with Crippen LogP contribution in [-0.4, -0.2) is 52.0 Å². The van der Waals surface area contributed by atoms with Gasteiger partial charge in [0.2, 0.25) is 0 Å². The van der Waals surface area contributed by atoms with Crippen LogP contribution in [0.4, 0.5) is 0 Å². The fraction of sp³-hybridized carbons (Fsp3) is 0.769. The number of likely N-dealkylation sites (tertiary alicyclic amines) is 1. The van der Waals surface area contributed by atoms with Gasteiger partial charge in [-0.15, -0.1) is 0 Å². The molecule has 0 unspecified atom stereocenters. The summed E-state index contributed by atoms with van der Waals surface area (Å²) in [6, 6.07) is 0. The zero-order valence-corrected chi connectivity index (χ0v) is 11.1. The van der Waals surface area contributed by atoms with Crippen molar-refractivity contribution in [2.24, 2.45) is 0 Å². The van der Waals surface area contributed by atoms with Crippen LogP contribution in [-0.2, 0) is 17.8 Å². The largest absolute Gasteiger partial charge is 0.394 e. The lowest BCUT2D eigenvalue weighted by Gasteiger charge is -2.31. The van der Waals surface area contributed by atoms with Crippen molar-refractivity contribution in [1.82, 2.24) is 14.5 Å². The van der Waals surface area contributed by atoms with Crippen molar-refractivity contribution in [2.45, 2.75) is 39.0 Å². The summed E-state index contributed by atoms with van der Waals surface area (Å²) < 4.78 is 7.76. The standard InChI is InChI=1S/C13H23N3O2/c1-2-16-11-14-9-12(16)10-15-5-3-13(4-6-15)18-8-7-17/h9,11,13,17H,2-8,10H2,1H3. The molecule has 2 rings (SSSR count). The molecule has 18 heavy (non-hydrogen) atoms. The average molecular weight is 253 g/mol. The number of aromatic nitrogens is 2. The van der Waals surface area contributed by atoms with E-state index >= 15 is 0 Å². The molecule has 5 nitrogen and oxygen atoms in total. The lowest BCUT2D eigenvalue weighted by molar-refractivity contribution is -0.00932. The summed E-state index contributed by atoms with van der Waals surface area (Å²) in [6.07, 6.45) is 6.29. The molecule has 1 fully saturated rings. The fourth-order valence-electron chi connectivity index (χ4n) is 2.45. The molecule has 102 valence electrons. The number of aryl methyl sites for hydroxylation is 1. The molecule has 0 radical (unpaired) electrons. The van der Waals surface area contributed by atoms with Crippen molar-refractivity contribution in [2.75, 3.05) is 26.3 Å². The van der Waals surface area contributed by atoms with E-state index in [1.54, 1.807) is 0 Å². The first-order valence-corrected chi connectivity index (χ1v) is 6.77. The molecule has 1 aromatic rings. The molecule has 0 bridgehead atoms. The first-order chi connectivity index (χ1) is 8.83. The maximum Gasteiger partial charge on any atom is 0.0948 e. The van der Waals surface area contributed by atoms with Gasteiger partial charge in [0.1, 0.15) is 0 Å². The van der Waals surface area contributed by atoms with Gasteiger partial charge in [-0.2, -0.15) is 0 Å². The van der Waals surface area contributed by atoms with Gasteiger partial charge in [0.05, 0.1) is 31.3 Å². The second kappa shape index (κ2) is 6.87. The minimum atomic E-state index is 0.121. The van der Waals surface area contributed by atoms with Crippen LogP contribution in [0.15, 0.2) is 12.5 Å². The number of imidazole rings is 1. The Morgan fingerprint density at radius 2 is 2.22 bits per heavy atom. The topological polar surface area (TPSA) is 50.5 Å². The van der Waals surface area contributed by atoms with E-state index in [4.69, 9.17) is 9.84 Å². The van der Waals surface area contributed by atoms with Gasteiger partial charge >= 0.3 is 0 Å². The highest BCUT2D eigenvalue weighted by atomic mass is 16.5. The minimum absolute atomic E-state index is 0.121. The Balaban J connectivity index is 1.76. The second-order valence-electron chi connectivity index (χ2n) is 4.74. The van der Waals surface area contributed by atoms with Gasteiger partial charge in [-0.25, -0.2) is 4.98 Å². The molecule has 0 aliphatic carbocycles. The Labute approximate surface area is 108 Å². The molecule has 0 spiro atoms. The van der Waals surface area contributed by atoms with Crippen LogP contribution in [0.2, 0.25) is 0 Å². The first kappa shape index (κ1) is 13.5. The van der Waals surface area contributed by atoms with Gasteiger partial charge in [0.25, 0.3) is 0 Å². The summed E-state index contributed by atoms with van der Waals surface area (Å²) in [6.45, 7) is 6.80. The second-order valence-corrected chi connectivity index (χ2v) is 4.74. The van der Waals surface area contributed by atoms with E-state index in [1.807, 2.05) is 12.5 Å². The normalized spacial score (nSPS) is 18.3. The Morgan fingerprint density at radius 1 is 1.44 bits per heavy atom. The Kier molecular flexibility index (Phi) is 5.16. The van der Waals surface area contributed by atoms with Gasteiger partial charge in [-0.05, 0) is 19.8 Å². The monoisotopic (exact) mass is 253 g/mol. The van der Waals surface area contributed by atoms with Gasteiger partial charge in [-0.3, -0.25) is 4.90 Å². The third kappa shape index (κ3) is 3.54. The lowest BCUT2D eigenvalue weighted by Crippen LogP contribution is -2.37. The number of piperidine rings is 1. The Bertz CT molecular complexity index is 346. The molecule has 0 aromatic carbocycles. The maximum atomic E-state index is 8.73. The number of aliphatic hydroxyl groups excluding tert-OH is 1. The first-order valence-electron chi connectivity index (χ1n) is 6.77. The SMILES string of the molecule is CCn1cncc1CN1CCC(OCCO)CC1. The van der Waals surface area contributed by atoms with E-state index in [9.17, 15) is 0 Å². The zero-order chi connectivity index (χ0) is 12.8. The van der Waals surface area contributed by atoms with E-state index in [2.05, 4.69) is 21.4 Å². The van der Waals surface area contributed by atoms with Crippen molar-refractivity contribution in [3.8, 4) is 0 Å². The highest BCUT2D eigenvalue weighted by Crippen LogP contribution is 2.16. The van der Waals surface area contributed by atoms with E-state index < -0.39 is 0 Å². The molecule has 0 saturated carbocycles. The van der Waals surface area contributed by atoms with E-state index in [-0.39, 0.29) is 6.61 Å². The van der Waals surface area contributed by atoms with Gasteiger partial charge < -0.3 is 14.4 Å². The quantitative estimate of drug-likeness (QED) is 0.817. The van der Waals surface area contributed by atoms with Crippen LogP contribution in [0.25, 0.3) is 0 Å². The van der Waals surface area contributed by atoms with Crippen LogP contribution >= 0.6 is 0 Å². The van der Waals surface area contributed by atoms with Crippen LogP contribution < -0.4 is 0 Å². The molecular weight excluding hydrogens is 230 g/mol. The molecule has 1 aliphatic rings. The highest BCUT2D eigenvalue weighted by Gasteiger charge is 2.20. The Morgan fingerprint density at radius 3 is 2.89 bits per heavy atom. The number of nitrogens with zero attached hydrogens (tertiary/aromatic N) is 3. The van der Waals surface area contributed by atoms with E-state index in [1.165, 1.54) is 5.69 Å². The van der Waals surface area contributed by atoms with Crippen LogP contribution in [0.1, 0.15) is 25.5 Å². The maximum absolute atomic E-state index is 8.73. The van der Waals surface area contributed by atoms with Crippen molar-refractivity contribution in [3.63, 3.8) is 0 Å². The van der Waals surface area contributed by atoms with Gasteiger partial charge in [0, 0.05) is 32.4 Å². The smallest absolute Gasteiger partial charge is 0.0948 e. The molecule has 5 heteroatoms. The third-order valence-corrected chi connectivity index (χ3v) is 3.50. The van der Waals surface area contributed by atoms with Gasteiger partial charge in [0.15, 0.2) is 0 Å². The lowest BCUT2D eigenvalue weighted by atomic mass is 10.1. The summed E-state index contributed by atoms with van der Waals surface area (Å²) in [5, 5.41) is 8.73. The molecule has 1 aromatic heterocycles. The summed E-state index contributed by atoms with van der Waals surface area (Å²) in [5.41, 5.74) is 1.28. The average Bonchev–Trinajstić information content (AvgIpc) is 2.85. The summed E-state index contributed by atoms with van der Waals surface area (Å²) in [5.74, 6) is 0. The molecule has 1 aliphatic heterocycles. The predicted molar refractivity (Wildman–Crippen MR) is 69.2 cm³/mol. The van der Waals surface area contributed by atoms with Crippen LogP contribution in [0.3, 0.4) is 0 Å². The highest BCUT2D eigenvalue weighted by molar-refractivity contribution is 4.98. The summed E-state index contributed by atoms with van der Waals surface area (Å²) >= 11 is 0. The number of hydrogen-bond donors (Lipinski definition) is 1. The van der Waals surface area contributed by atoms with Crippen molar-refractivity contribution < 1.29 is 9.84 Å². The zero-order valence-electron chi connectivity index (χ0n) is 11.1. The number of rotatable bonds is 6.